The molecule has 0 bridgehead atoms. The van der Waals surface area contributed by atoms with Crippen LogP contribution in [-0.2, 0) is 6.61 Å². The molecule has 1 N–H and O–H groups in total. The predicted molar refractivity (Wildman–Crippen MR) is 85.8 cm³/mol. The van der Waals surface area contributed by atoms with E-state index in [0.29, 0.717) is 18.9 Å². The number of ether oxygens (including phenoxy) is 1. The molecule has 3 heteroatoms. The van der Waals surface area contributed by atoms with Crippen molar-refractivity contribution in [2.75, 3.05) is 5.88 Å². The zero-order chi connectivity index (χ0) is 15.1. The third-order valence-electron chi connectivity index (χ3n) is 2.96. The van der Waals surface area contributed by atoms with E-state index in [0.717, 1.165) is 22.4 Å². The molecule has 0 heterocycles. The van der Waals surface area contributed by atoms with E-state index in [9.17, 15) is 5.11 Å². The van der Waals surface area contributed by atoms with Crippen LogP contribution in [0.15, 0.2) is 42.5 Å². The van der Waals surface area contributed by atoms with Gasteiger partial charge in [-0.25, -0.2) is 0 Å². The Kier molecular flexibility index (Phi) is 5.54. The van der Waals surface area contributed by atoms with E-state index in [1.165, 1.54) is 0 Å². The van der Waals surface area contributed by atoms with Gasteiger partial charge in [0.2, 0.25) is 0 Å². The summed E-state index contributed by atoms with van der Waals surface area (Å²) >= 11 is 5.60. The normalized spacial score (nSPS) is 9.81. The van der Waals surface area contributed by atoms with Crippen LogP contribution in [0.2, 0.25) is 0 Å². The van der Waals surface area contributed by atoms with Crippen molar-refractivity contribution in [2.45, 2.75) is 20.0 Å². The monoisotopic (exact) mass is 300 g/mol. The van der Waals surface area contributed by atoms with Crippen LogP contribution in [0.4, 0.5) is 0 Å². The molecule has 0 aliphatic heterocycles. The molecular weight excluding hydrogens is 284 g/mol. The summed E-state index contributed by atoms with van der Waals surface area (Å²) < 4.78 is 5.73. The van der Waals surface area contributed by atoms with Gasteiger partial charge in [0.25, 0.3) is 0 Å². The smallest absolute Gasteiger partial charge is 0.120 e. The zero-order valence-electron chi connectivity index (χ0n) is 11.9. The minimum atomic E-state index is 0.247. The molecule has 0 unspecified atom stereocenters. The Morgan fingerprint density at radius 3 is 2.76 bits per heavy atom. The second kappa shape index (κ2) is 7.61. The van der Waals surface area contributed by atoms with Crippen molar-refractivity contribution in [3.05, 3.63) is 59.2 Å². The summed E-state index contributed by atoms with van der Waals surface area (Å²) in [4.78, 5) is 0. The molecule has 2 aromatic carbocycles. The highest BCUT2D eigenvalue weighted by Gasteiger charge is 2.00. The first-order valence-corrected chi connectivity index (χ1v) is 7.28. The van der Waals surface area contributed by atoms with Crippen LogP contribution < -0.4 is 4.74 Å². The van der Waals surface area contributed by atoms with E-state index >= 15 is 0 Å². The van der Waals surface area contributed by atoms with Gasteiger partial charge in [0.1, 0.15) is 18.1 Å². The molecule has 108 valence electrons. The average molecular weight is 301 g/mol. The van der Waals surface area contributed by atoms with E-state index < -0.39 is 0 Å². The number of halogens is 1. The summed E-state index contributed by atoms with van der Waals surface area (Å²) in [6, 6.07) is 12.9. The van der Waals surface area contributed by atoms with Crippen molar-refractivity contribution in [1.82, 2.24) is 0 Å². The summed E-state index contributed by atoms with van der Waals surface area (Å²) in [5.41, 5.74) is 2.99. The van der Waals surface area contributed by atoms with Crippen LogP contribution >= 0.6 is 11.6 Å². The first-order chi connectivity index (χ1) is 10.2. The predicted octanol–water partition coefficient (Wildman–Crippen LogP) is 4.26. The third-order valence-corrected chi connectivity index (χ3v) is 3.15. The Labute approximate surface area is 130 Å². The fourth-order valence-corrected chi connectivity index (χ4v) is 1.98. The van der Waals surface area contributed by atoms with E-state index in [1.807, 2.05) is 31.2 Å². The number of hydrogen-bond donors (Lipinski definition) is 1. The third kappa shape index (κ3) is 4.73. The minimum absolute atomic E-state index is 0.247. The molecule has 0 radical (unpaired) electrons. The summed E-state index contributed by atoms with van der Waals surface area (Å²) in [5.74, 6) is 7.72. The first kappa shape index (κ1) is 15.3. The van der Waals surface area contributed by atoms with Crippen molar-refractivity contribution < 1.29 is 9.84 Å². The molecule has 0 aliphatic carbocycles. The van der Waals surface area contributed by atoms with Gasteiger partial charge in [0, 0.05) is 17.9 Å². The van der Waals surface area contributed by atoms with Crippen LogP contribution in [0.1, 0.15) is 23.1 Å². The van der Waals surface area contributed by atoms with Crippen molar-refractivity contribution in [2.24, 2.45) is 0 Å². The first-order valence-electron chi connectivity index (χ1n) is 6.75. The summed E-state index contributed by atoms with van der Waals surface area (Å²) in [6.07, 6.45) is 0.691. The number of hydrogen-bond acceptors (Lipinski definition) is 2. The van der Waals surface area contributed by atoms with Gasteiger partial charge in [-0.3, -0.25) is 0 Å². The van der Waals surface area contributed by atoms with E-state index in [2.05, 4.69) is 11.8 Å². The lowest BCUT2D eigenvalue weighted by Gasteiger charge is -2.08. The maximum atomic E-state index is 9.41. The molecular formula is C18H17ClO2. The molecule has 0 aliphatic rings. The Hall–Kier alpha value is -2.11. The standard InChI is InChI=1S/C18H17ClO2/c1-14-11-18(9-8-16(14)6-2-3-10-19)21-13-15-5-4-7-17(20)12-15/h4-5,7-9,11-12,20H,3,10,13H2,1H3. The minimum Gasteiger partial charge on any atom is -0.508 e. The summed E-state index contributed by atoms with van der Waals surface area (Å²) in [6.45, 7) is 2.43. The van der Waals surface area contributed by atoms with Crippen molar-refractivity contribution in [3.63, 3.8) is 0 Å². The van der Waals surface area contributed by atoms with Gasteiger partial charge in [-0.1, -0.05) is 24.0 Å². The number of rotatable bonds is 4. The number of alkyl halides is 1. The SMILES string of the molecule is Cc1cc(OCc2cccc(O)c2)ccc1C#CCCCl. The van der Waals surface area contributed by atoms with Crippen LogP contribution in [0.25, 0.3) is 0 Å². The zero-order valence-corrected chi connectivity index (χ0v) is 12.7. The molecule has 0 aromatic heterocycles. The Balaban J connectivity index is 2.02. The molecule has 21 heavy (non-hydrogen) atoms. The van der Waals surface area contributed by atoms with Gasteiger partial charge in [0.15, 0.2) is 0 Å². The number of phenolic OH excluding ortho intramolecular Hbond substituents is 1. The lowest BCUT2D eigenvalue weighted by Crippen LogP contribution is -1.96. The van der Waals surface area contributed by atoms with Crippen molar-refractivity contribution in [1.29, 1.82) is 0 Å². The number of aryl methyl sites for hydroxylation is 1. The average Bonchev–Trinajstić information content (AvgIpc) is 2.47. The molecule has 0 amide bonds. The van der Waals surface area contributed by atoms with Crippen LogP contribution in [0.5, 0.6) is 11.5 Å². The number of benzene rings is 2. The van der Waals surface area contributed by atoms with E-state index in [4.69, 9.17) is 16.3 Å². The Bertz CT molecular complexity index is 668. The highest BCUT2D eigenvalue weighted by molar-refractivity contribution is 6.18. The summed E-state index contributed by atoms with van der Waals surface area (Å²) in [7, 11) is 0. The van der Waals surface area contributed by atoms with E-state index in [1.54, 1.807) is 18.2 Å². The lowest BCUT2D eigenvalue weighted by molar-refractivity contribution is 0.305. The van der Waals surface area contributed by atoms with Gasteiger partial charge in [0.05, 0.1) is 0 Å². The van der Waals surface area contributed by atoms with Crippen LogP contribution in [0.3, 0.4) is 0 Å². The van der Waals surface area contributed by atoms with Crippen molar-refractivity contribution in [3.8, 4) is 23.3 Å². The molecule has 2 aromatic rings. The second-order valence-corrected chi connectivity index (χ2v) is 5.05. The van der Waals surface area contributed by atoms with E-state index in [-0.39, 0.29) is 5.75 Å². The molecule has 2 rings (SSSR count). The number of aromatic hydroxyl groups is 1. The Morgan fingerprint density at radius 2 is 2.05 bits per heavy atom. The molecule has 2 nitrogen and oxygen atoms in total. The Morgan fingerprint density at radius 1 is 1.19 bits per heavy atom. The largest absolute Gasteiger partial charge is 0.508 e. The van der Waals surface area contributed by atoms with Crippen LogP contribution in [-0.4, -0.2) is 11.0 Å². The topological polar surface area (TPSA) is 29.5 Å². The van der Waals surface area contributed by atoms with Gasteiger partial charge < -0.3 is 9.84 Å². The molecule has 0 saturated carbocycles. The van der Waals surface area contributed by atoms with Gasteiger partial charge in [-0.05, 0) is 48.4 Å². The fraction of sp³-hybridized carbons (Fsp3) is 0.222. The maximum Gasteiger partial charge on any atom is 0.120 e. The van der Waals surface area contributed by atoms with Gasteiger partial charge in [-0.15, -0.1) is 11.6 Å². The second-order valence-electron chi connectivity index (χ2n) is 4.68. The fourth-order valence-electron chi connectivity index (χ4n) is 1.88. The van der Waals surface area contributed by atoms with Gasteiger partial charge in [-0.2, -0.15) is 0 Å². The lowest BCUT2D eigenvalue weighted by atomic mass is 10.1. The molecule has 0 fully saturated rings. The molecule has 0 atom stereocenters. The number of phenols is 1. The van der Waals surface area contributed by atoms with Crippen molar-refractivity contribution >= 4 is 11.6 Å². The molecule has 0 saturated heterocycles. The van der Waals surface area contributed by atoms with Crippen LogP contribution in [0, 0.1) is 18.8 Å². The quantitative estimate of drug-likeness (QED) is 0.675. The van der Waals surface area contributed by atoms with Gasteiger partial charge >= 0.3 is 0 Å². The highest BCUT2D eigenvalue weighted by atomic mass is 35.5. The molecule has 0 spiro atoms. The highest BCUT2D eigenvalue weighted by Crippen LogP contribution is 2.19. The maximum absolute atomic E-state index is 9.41. The summed E-state index contributed by atoms with van der Waals surface area (Å²) in [5, 5.41) is 9.41.